The fraction of sp³-hybridized carbons (Fsp3) is 0.429. The van der Waals surface area contributed by atoms with Crippen molar-refractivity contribution in [1.29, 1.82) is 0 Å². The number of hydrogen-bond donors (Lipinski definition) is 1. The molecule has 0 amide bonds. The zero-order valence-corrected chi connectivity index (χ0v) is 12.6. The van der Waals surface area contributed by atoms with Crippen molar-refractivity contribution in [3.05, 3.63) is 45.9 Å². The van der Waals surface area contributed by atoms with Crippen LogP contribution >= 0.6 is 23.1 Å². The van der Waals surface area contributed by atoms with Crippen LogP contribution in [0, 0.1) is 0 Å². The van der Waals surface area contributed by atoms with Crippen molar-refractivity contribution < 1.29 is 5.11 Å². The van der Waals surface area contributed by atoms with E-state index in [1.165, 1.54) is 11.5 Å². The van der Waals surface area contributed by atoms with E-state index in [2.05, 4.69) is 14.5 Å². The third-order valence-corrected chi connectivity index (χ3v) is 4.73. The summed E-state index contributed by atoms with van der Waals surface area (Å²) in [7, 11) is 0. The second kappa shape index (κ2) is 5.77. The lowest BCUT2D eigenvalue weighted by atomic mass is 9.84. The van der Waals surface area contributed by atoms with Crippen molar-refractivity contribution in [2.45, 2.75) is 25.0 Å². The highest BCUT2D eigenvalue weighted by molar-refractivity contribution is 7.03. The fourth-order valence-corrected chi connectivity index (χ4v) is 3.43. The van der Waals surface area contributed by atoms with Gasteiger partial charge in [0.15, 0.2) is 0 Å². The summed E-state index contributed by atoms with van der Waals surface area (Å²) in [6.07, 6.45) is 1.38. The highest BCUT2D eigenvalue weighted by Gasteiger charge is 2.35. The number of rotatable bonds is 3. The number of halogens is 1. The lowest BCUT2D eigenvalue weighted by molar-refractivity contribution is -0.0278. The molecule has 0 atom stereocenters. The van der Waals surface area contributed by atoms with Crippen LogP contribution in [0.1, 0.15) is 24.1 Å². The topological polar surface area (TPSA) is 49.2 Å². The highest BCUT2D eigenvalue weighted by atomic mass is 35.5. The zero-order valence-electron chi connectivity index (χ0n) is 11.0. The molecule has 3 rings (SSSR count). The lowest BCUT2D eigenvalue weighted by Gasteiger charge is -2.38. The van der Waals surface area contributed by atoms with Crippen molar-refractivity contribution in [2.75, 3.05) is 13.1 Å². The molecule has 1 aromatic carbocycles. The second-order valence-corrected chi connectivity index (χ2v) is 6.20. The molecule has 0 aliphatic carbocycles. The van der Waals surface area contributed by atoms with Crippen molar-refractivity contribution in [2.24, 2.45) is 0 Å². The SMILES string of the molecule is OC1(c2ccccc2Cl)CCN(Cc2csnn2)CC1. The van der Waals surface area contributed by atoms with Crippen LogP contribution < -0.4 is 0 Å². The summed E-state index contributed by atoms with van der Waals surface area (Å²) in [4.78, 5) is 2.29. The minimum absolute atomic E-state index is 0.646. The molecule has 6 heteroatoms. The quantitative estimate of drug-likeness (QED) is 0.947. The zero-order chi connectivity index (χ0) is 14.0. The summed E-state index contributed by atoms with van der Waals surface area (Å²) < 4.78 is 3.87. The first-order valence-corrected chi connectivity index (χ1v) is 7.84. The molecular weight excluding hydrogens is 294 g/mol. The molecule has 0 bridgehead atoms. The Kier molecular flexibility index (Phi) is 4.03. The Hall–Kier alpha value is -1.01. The minimum Gasteiger partial charge on any atom is -0.385 e. The molecule has 0 saturated carbocycles. The number of aromatic nitrogens is 2. The lowest BCUT2D eigenvalue weighted by Crippen LogP contribution is -2.42. The van der Waals surface area contributed by atoms with Gasteiger partial charge in [-0.1, -0.05) is 34.3 Å². The Morgan fingerprint density at radius 3 is 2.70 bits per heavy atom. The maximum Gasteiger partial charge on any atom is 0.0935 e. The Bertz CT molecular complexity index is 568. The highest BCUT2D eigenvalue weighted by Crippen LogP contribution is 2.36. The number of hydrogen-bond acceptors (Lipinski definition) is 5. The molecule has 0 unspecified atom stereocenters. The van der Waals surface area contributed by atoms with E-state index < -0.39 is 5.60 Å². The van der Waals surface area contributed by atoms with Crippen molar-refractivity contribution >= 4 is 23.1 Å². The summed E-state index contributed by atoms with van der Waals surface area (Å²) in [6, 6.07) is 7.57. The summed E-state index contributed by atoms with van der Waals surface area (Å²) in [5.74, 6) is 0. The number of aliphatic hydroxyl groups is 1. The number of nitrogens with zero attached hydrogens (tertiary/aromatic N) is 3. The van der Waals surface area contributed by atoms with E-state index in [9.17, 15) is 5.11 Å². The van der Waals surface area contributed by atoms with E-state index in [1.807, 2.05) is 29.6 Å². The second-order valence-electron chi connectivity index (χ2n) is 5.18. The van der Waals surface area contributed by atoms with Gasteiger partial charge in [-0.2, -0.15) is 0 Å². The Labute approximate surface area is 127 Å². The predicted molar refractivity (Wildman–Crippen MR) is 79.8 cm³/mol. The maximum absolute atomic E-state index is 10.8. The predicted octanol–water partition coefficient (Wildman–Crippen LogP) is 2.68. The van der Waals surface area contributed by atoms with Gasteiger partial charge < -0.3 is 5.11 Å². The monoisotopic (exact) mass is 309 g/mol. The maximum atomic E-state index is 10.8. The van der Waals surface area contributed by atoms with Crippen molar-refractivity contribution in [3.63, 3.8) is 0 Å². The van der Waals surface area contributed by atoms with Gasteiger partial charge in [-0.15, -0.1) is 5.10 Å². The van der Waals surface area contributed by atoms with E-state index in [-0.39, 0.29) is 0 Å². The standard InChI is InChI=1S/C14H16ClN3OS/c15-13-4-2-1-3-12(13)14(19)5-7-18(8-6-14)9-11-10-20-17-16-11/h1-4,10,19H,5-9H2. The number of likely N-dealkylation sites (tertiary alicyclic amines) is 1. The van der Waals surface area contributed by atoms with Gasteiger partial charge in [-0.3, -0.25) is 4.90 Å². The van der Waals surface area contributed by atoms with Gasteiger partial charge in [-0.25, -0.2) is 0 Å². The van der Waals surface area contributed by atoms with Crippen molar-refractivity contribution in [3.8, 4) is 0 Å². The Morgan fingerprint density at radius 1 is 1.30 bits per heavy atom. The van der Waals surface area contributed by atoms with Gasteiger partial charge in [0, 0.05) is 35.6 Å². The van der Waals surface area contributed by atoms with Crippen LogP contribution in [-0.2, 0) is 12.1 Å². The molecule has 0 radical (unpaired) electrons. The number of benzene rings is 1. The first-order valence-electron chi connectivity index (χ1n) is 6.63. The van der Waals surface area contributed by atoms with Crippen LogP contribution in [0.15, 0.2) is 29.6 Å². The molecule has 4 nitrogen and oxygen atoms in total. The molecular formula is C14H16ClN3OS. The molecule has 106 valence electrons. The van der Waals surface area contributed by atoms with Crippen LogP contribution in [-0.4, -0.2) is 32.7 Å². The Morgan fingerprint density at radius 2 is 2.05 bits per heavy atom. The van der Waals surface area contributed by atoms with Crippen LogP contribution in [0.3, 0.4) is 0 Å². The number of piperidine rings is 1. The van der Waals surface area contributed by atoms with Gasteiger partial charge >= 0.3 is 0 Å². The molecule has 2 aromatic rings. The third kappa shape index (κ3) is 2.86. The fourth-order valence-electron chi connectivity index (χ4n) is 2.67. The third-order valence-electron chi connectivity index (χ3n) is 3.85. The summed E-state index contributed by atoms with van der Waals surface area (Å²) in [5, 5.41) is 17.5. The first kappa shape index (κ1) is 13.9. The molecule has 1 N–H and O–H groups in total. The van der Waals surface area contributed by atoms with Crippen LogP contribution in [0.5, 0.6) is 0 Å². The normalized spacial score (nSPS) is 19.1. The summed E-state index contributed by atoms with van der Waals surface area (Å²) in [6.45, 7) is 2.47. The van der Waals surface area contributed by atoms with Gasteiger partial charge in [0.25, 0.3) is 0 Å². The molecule has 0 spiro atoms. The van der Waals surface area contributed by atoms with E-state index in [0.717, 1.165) is 30.9 Å². The average Bonchev–Trinajstić information content (AvgIpc) is 2.95. The first-order chi connectivity index (χ1) is 9.67. The van der Waals surface area contributed by atoms with Gasteiger partial charge in [0.2, 0.25) is 0 Å². The van der Waals surface area contributed by atoms with Crippen LogP contribution in [0.4, 0.5) is 0 Å². The molecule has 1 aliphatic rings. The smallest absolute Gasteiger partial charge is 0.0935 e. The minimum atomic E-state index is -0.810. The van der Waals surface area contributed by atoms with E-state index in [1.54, 1.807) is 0 Å². The summed E-state index contributed by atoms with van der Waals surface area (Å²) in [5.41, 5.74) is 1.03. The van der Waals surface area contributed by atoms with Gasteiger partial charge in [0.05, 0.1) is 11.3 Å². The van der Waals surface area contributed by atoms with Crippen molar-refractivity contribution in [1.82, 2.24) is 14.5 Å². The van der Waals surface area contributed by atoms with Gasteiger partial charge in [-0.05, 0) is 30.4 Å². The van der Waals surface area contributed by atoms with Gasteiger partial charge in [0.1, 0.15) is 0 Å². The molecule has 2 heterocycles. The molecule has 1 fully saturated rings. The summed E-state index contributed by atoms with van der Waals surface area (Å²) >= 11 is 7.58. The molecule has 1 saturated heterocycles. The average molecular weight is 310 g/mol. The molecule has 1 aromatic heterocycles. The van der Waals surface area contributed by atoms with E-state index >= 15 is 0 Å². The largest absolute Gasteiger partial charge is 0.385 e. The Balaban J connectivity index is 1.67. The van der Waals surface area contributed by atoms with E-state index in [4.69, 9.17) is 11.6 Å². The van der Waals surface area contributed by atoms with Crippen LogP contribution in [0.2, 0.25) is 5.02 Å². The van der Waals surface area contributed by atoms with E-state index in [0.29, 0.717) is 17.9 Å². The molecule has 20 heavy (non-hydrogen) atoms. The van der Waals surface area contributed by atoms with Crippen LogP contribution in [0.25, 0.3) is 0 Å². The molecule has 1 aliphatic heterocycles.